The van der Waals surface area contributed by atoms with E-state index in [1.807, 2.05) is 31.2 Å². The highest BCUT2D eigenvalue weighted by molar-refractivity contribution is 7.97. The molecule has 0 aliphatic carbocycles. The molecule has 7 heteroatoms. The highest BCUT2D eigenvalue weighted by Gasteiger charge is 2.34. The zero-order chi connectivity index (χ0) is 25.4. The number of benzene rings is 4. The van der Waals surface area contributed by atoms with E-state index >= 15 is 0 Å². The minimum absolute atomic E-state index is 0.178. The second-order valence-corrected chi connectivity index (χ2v) is 11.0. The van der Waals surface area contributed by atoms with Gasteiger partial charge in [-0.3, -0.25) is 0 Å². The monoisotopic (exact) mass is 508 g/mol. The standard InChI is InChI=1S/C21H21O2S.C7H8O3S/c1-16-12-14-17(15-13-16)24(20-10-6-4-8-18(20)22-2)21-11-7-5-9-19(21)23-3;1-6-2-4-7(5-3-6)11(8,9)10/h4-15H,1-3H3;2-5H,1H3,(H,8,9,10)/q+1;/p-1. The van der Waals surface area contributed by atoms with Crippen molar-refractivity contribution in [2.75, 3.05) is 14.2 Å². The van der Waals surface area contributed by atoms with Gasteiger partial charge in [-0.25, -0.2) is 8.42 Å². The van der Waals surface area contributed by atoms with Gasteiger partial charge in [-0.15, -0.1) is 0 Å². The van der Waals surface area contributed by atoms with E-state index in [9.17, 15) is 13.0 Å². The van der Waals surface area contributed by atoms with Crippen LogP contribution in [-0.4, -0.2) is 27.2 Å². The molecular formula is C28H28O5S2. The lowest BCUT2D eigenvalue weighted by Gasteiger charge is -2.13. The maximum atomic E-state index is 10.4. The molecule has 182 valence electrons. The van der Waals surface area contributed by atoms with Crippen molar-refractivity contribution in [2.24, 2.45) is 0 Å². The van der Waals surface area contributed by atoms with Crippen molar-refractivity contribution in [3.63, 3.8) is 0 Å². The number of ether oxygens (including phenoxy) is 2. The summed E-state index contributed by atoms with van der Waals surface area (Å²) in [5.74, 6) is 1.79. The second kappa shape index (κ2) is 11.9. The van der Waals surface area contributed by atoms with E-state index in [4.69, 9.17) is 9.47 Å². The van der Waals surface area contributed by atoms with Gasteiger partial charge in [-0.1, -0.05) is 59.7 Å². The number of rotatable bonds is 6. The molecule has 0 saturated carbocycles. The van der Waals surface area contributed by atoms with Crippen LogP contribution in [0.3, 0.4) is 0 Å². The number of aryl methyl sites for hydroxylation is 2. The highest BCUT2D eigenvalue weighted by atomic mass is 32.2. The van der Waals surface area contributed by atoms with E-state index in [1.54, 1.807) is 26.4 Å². The molecule has 5 nitrogen and oxygen atoms in total. The molecule has 0 aromatic heterocycles. The zero-order valence-corrected chi connectivity index (χ0v) is 21.7. The number of hydrogen-bond donors (Lipinski definition) is 0. The van der Waals surface area contributed by atoms with Crippen molar-refractivity contribution in [3.8, 4) is 11.5 Å². The average molecular weight is 509 g/mol. The van der Waals surface area contributed by atoms with Crippen molar-refractivity contribution in [2.45, 2.75) is 33.4 Å². The lowest BCUT2D eigenvalue weighted by molar-refractivity contribution is 0.402. The summed E-state index contributed by atoms with van der Waals surface area (Å²) in [5, 5.41) is 0. The molecule has 0 fully saturated rings. The third-order valence-corrected chi connectivity index (χ3v) is 8.29. The SMILES string of the molecule is COc1ccccc1[S+](c1ccc(C)cc1)c1ccccc1OC.Cc1ccc(S(=O)(=O)[O-])cc1. The van der Waals surface area contributed by atoms with Crippen molar-refractivity contribution < 1.29 is 22.4 Å². The minimum Gasteiger partial charge on any atom is -0.744 e. The lowest BCUT2D eigenvalue weighted by Crippen LogP contribution is -2.08. The van der Waals surface area contributed by atoms with Crippen LogP contribution in [0.1, 0.15) is 11.1 Å². The largest absolute Gasteiger partial charge is 0.744 e. The first-order valence-electron chi connectivity index (χ1n) is 10.8. The Balaban J connectivity index is 0.000000261. The Morgan fingerprint density at radius 1 is 0.629 bits per heavy atom. The Kier molecular flexibility index (Phi) is 8.98. The highest BCUT2D eigenvalue weighted by Crippen LogP contribution is 2.40. The number of para-hydroxylation sites is 2. The van der Waals surface area contributed by atoms with Crippen LogP contribution in [-0.2, 0) is 21.0 Å². The Labute approximate surface area is 210 Å². The van der Waals surface area contributed by atoms with Crippen LogP contribution in [0.25, 0.3) is 0 Å². The van der Waals surface area contributed by atoms with Crippen molar-refractivity contribution >= 4 is 21.0 Å². The molecule has 0 radical (unpaired) electrons. The molecule has 0 heterocycles. The smallest absolute Gasteiger partial charge is 0.208 e. The van der Waals surface area contributed by atoms with Gasteiger partial charge < -0.3 is 14.0 Å². The fourth-order valence-electron chi connectivity index (χ4n) is 3.33. The van der Waals surface area contributed by atoms with Crippen LogP contribution < -0.4 is 9.47 Å². The Hall–Kier alpha value is -3.26. The average Bonchev–Trinajstić information content (AvgIpc) is 2.86. The molecule has 4 rings (SSSR count). The van der Waals surface area contributed by atoms with Crippen LogP contribution in [0.2, 0.25) is 0 Å². The van der Waals surface area contributed by atoms with E-state index in [2.05, 4.69) is 55.5 Å². The van der Waals surface area contributed by atoms with Gasteiger partial charge in [0.25, 0.3) is 0 Å². The van der Waals surface area contributed by atoms with Crippen molar-refractivity contribution in [3.05, 3.63) is 108 Å². The maximum absolute atomic E-state index is 10.4. The molecule has 0 spiro atoms. The molecule has 0 amide bonds. The summed E-state index contributed by atoms with van der Waals surface area (Å²) in [5.41, 5.74) is 2.18. The fourth-order valence-corrected chi connectivity index (χ4v) is 6.08. The third-order valence-electron chi connectivity index (χ3n) is 5.14. The molecular weight excluding hydrogens is 480 g/mol. The van der Waals surface area contributed by atoms with Gasteiger partial charge in [0.15, 0.2) is 16.4 Å². The predicted octanol–water partition coefficient (Wildman–Crippen LogP) is 6.01. The van der Waals surface area contributed by atoms with Gasteiger partial charge in [0.05, 0.1) is 19.1 Å². The van der Waals surface area contributed by atoms with Gasteiger partial charge in [0, 0.05) is 0 Å². The normalized spacial score (nSPS) is 10.9. The van der Waals surface area contributed by atoms with E-state index in [0.29, 0.717) is 0 Å². The second-order valence-electron chi connectivity index (χ2n) is 7.69. The molecule has 4 aromatic rings. The van der Waals surface area contributed by atoms with Gasteiger partial charge >= 0.3 is 0 Å². The van der Waals surface area contributed by atoms with Crippen LogP contribution in [0.4, 0.5) is 0 Å². The van der Waals surface area contributed by atoms with Gasteiger partial charge in [-0.2, -0.15) is 0 Å². The van der Waals surface area contributed by atoms with Gasteiger partial charge in [0.1, 0.15) is 21.0 Å². The number of hydrogen-bond acceptors (Lipinski definition) is 5. The van der Waals surface area contributed by atoms with Gasteiger partial charge in [0.2, 0.25) is 9.79 Å². The summed E-state index contributed by atoms with van der Waals surface area (Å²) in [4.78, 5) is 3.39. The Bertz CT molecular complexity index is 1300. The summed E-state index contributed by atoms with van der Waals surface area (Å²) < 4.78 is 42.4. The molecule has 0 saturated heterocycles. The van der Waals surface area contributed by atoms with E-state index in [-0.39, 0.29) is 15.8 Å². The molecule has 0 aliphatic heterocycles. The first-order chi connectivity index (χ1) is 16.7. The molecule has 0 atom stereocenters. The molecule has 0 aliphatic rings. The van der Waals surface area contributed by atoms with Gasteiger partial charge in [-0.05, 0) is 62.4 Å². The molecule has 0 N–H and O–H groups in total. The van der Waals surface area contributed by atoms with Crippen LogP contribution in [0.15, 0.2) is 117 Å². The first-order valence-corrected chi connectivity index (χ1v) is 13.5. The van der Waals surface area contributed by atoms with Crippen LogP contribution in [0, 0.1) is 13.8 Å². The summed E-state index contributed by atoms with van der Waals surface area (Å²) >= 11 is 0. The molecule has 0 unspecified atom stereocenters. The first kappa shape index (κ1) is 26.3. The maximum Gasteiger partial charge on any atom is 0.208 e. The molecule has 4 aromatic carbocycles. The summed E-state index contributed by atoms with van der Waals surface area (Å²) in [6, 6.07) is 30.9. The van der Waals surface area contributed by atoms with Crippen molar-refractivity contribution in [1.82, 2.24) is 0 Å². The van der Waals surface area contributed by atoms with E-state index in [0.717, 1.165) is 26.9 Å². The topological polar surface area (TPSA) is 75.7 Å². The Morgan fingerprint density at radius 3 is 1.43 bits per heavy atom. The van der Waals surface area contributed by atoms with Crippen molar-refractivity contribution in [1.29, 1.82) is 0 Å². The summed E-state index contributed by atoms with van der Waals surface area (Å²) in [6.45, 7) is 3.93. The van der Waals surface area contributed by atoms with E-state index in [1.165, 1.54) is 22.6 Å². The van der Waals surface area contributed by atoms with Crippen LogP contribution >= 0.6 is 0 Å². The number of methoxy groups -OCH3 is 2. The summed E-state index contributed by atoms with van der Waals surface area (Å²) in [6.07, 6.45) is 0. The minimum atomic E-state index is -4.27. The quantitative estimate of drug-likeness (QED) is 0.236. The fraction of sp³-hybridized carbons (Fsp3) is 0.143. The third kappa shape index (κ3) is 6.88. The van der Waals surface area contributed by atoms with E-state index < -0.39 is 10.1 Å². The zero-order valence-electron chi connectivity index (χ0n) is 20.1. The summed E-state index contributed by atoms with van der Waals surface area (Å²) in [7, 11) is -1.13. The molecule has 0 bridgehead atoms. The molecule has 35 heavy (non-hydrogen) atoms. The van der Waals surface area contributed by atoms with Crippen LogP contribution in [0.5, 0.6) is 11.5 Å². The predicted molar refractivity (Wildman–Crippen MR) is 138 cm³/mol. The lowest BCUT2D eigenvalue weighted by atomic mass is 10.2. The Morgan fingerprint density at radius 2 is 1.03 bits per heavy atom.